The van der Waals surface area contributed by atoms with E-state index in [1.54, 1.807) is 13.8 Å². The second-order valence-electron chi connectivity index (χ2n) is 27.1. The summed E-state index contributed by atoms with van der Waals surface area (Å²) < 4.78 is 15.5. The second-order valence-corrected chi connectivity index (χ2v) is 31.8. The lowest BCUT2D eigenvalue weighted by atomic mass is 10.0. The summed E-state index contributed by atoms with van der Waals surface area (Å²) in [6.07, 6.45) is 52.0. The van der Waals surface area contributed by atoms with Crippen molar-refractivity contribution < 1.29 is 38.5 Å². The van der Waals surface area contributed by atoms with Crippen LogP contribution in [0.2, 0.25) is 0 Å². The quantitative estimate of drug-likeness (QED) is 0.0207. The lowest BCUT2D eigenvalue weighted by Crippen LogP contribution is -2.47. The molecule has 0 aromatic rings. The first kappa shape index (κ1) is 96.8. The lowest BCUT2D eigenvalue weighted by Gasteiger charge is -2.31. The molecule has 14 heteroatoms. The zero-order valence-corrected chi connectivity index (χ0v) is 65.9. The Labute approximate surface area is 567 Å². The van der Waals surface area contributed by atoms with Gasteiger partial charge in [0.05, 0.1) is 28.7 Å². The molecule has 520 valence electrons. The van der Waals surface area contributed by atoms with Crippen LogP contribution in [0.1, 0.15) is 368 Å². The number of alkyl halides is 2. The Morgan fingerprint density at radius 1 is 0.349 bits per heavy atom. The number of esters is 3. The van der Waals surface area contributed by atoms with Crippen LogP contribution in [0.4, 0.5) is 0 Å². The van der Waals surface area contributed by atoms with Crippen molar-refractivity contribution in [3.63, 3.8) is 0 Å². The maximum Gasteiger partial charge on any atom is 0.326 e. The Bertz CT molecular complexity index is 1450. The number of carbonyl (C=O) groups is 4. The van der Waals surface area contributed by atoms with Gasteiger partial charge >= 0.3 is 17.9 Å². The number of likely N-dealkylation sites (N-methyl/N-ethyl adjacent to an activating group) is 2. The van der Waals surface area contributed by atoms with E-state index in [1.807, 2.05) is 107 Å². The fourth-order valence-electron chi connectivity index (χ4n) is 8.50. The van der Waals surface area contributed by atoms with Crippen LogP contribution < -0.4 is 0 Å². The van der Waals surface area contributed by atoms with Crippen LogP contribution in [0.15, 0.2) is 0 Å². The standard InChI is InChI=1S/2C19H39NO2.C17H33BrO2.C13H28O.C4H6Br2O.ClH/c2*1-7-8-9-10-11-12-13-14-15-16-17(2)22-18(21)19(3,4)20(5)6;1-5-6-7-8-9-10-11-12-13-14-15(2)20-16(19)17(3,4)18;1-3-4-5-6-7-8-9-10-11-12-13(2)14;1-4(2,6)3(5)7;/h2*17H,7-16H2,1-6H3;15H,5-14H2,1-4H3;13-14H,3-12H2,1-2H3;1-2H3;1H. The van der Waals surface area contributed by atoms with Gasteiger partial charge in [-0.05, 0) is 172 Å². The lowest BCUT2D eigenvalue weighted by molar-refractivity contribution is -0.160. The first-order valence-electron chi connectivity index (χ1n) is 35.0. The summed E-state index contributed by atoms with van der Waals surface area (Å²) in [5, 5.41) is 9.05. The molecule has 0 radical (unpaired) electrons. The van der Waals surface area contributed by atoms with Gasteiger partial charge in [0.15, 0.2) is 0 Å². The number of aliphatic hydroxyl groups excluding tert-OH is 1. The van der Waals surface area contributed by atoms with Gasteiger partial charge in [-0.3, -0.25) is 29.0 Å². The van der Waals surface area contributed by atoms with Crippen molar-refractivity contribution in [1.82, 2.24) is 9.80 Å². The Hall–Kier alpha value is -0.310. The number of unbranched alkanes of at least 4 members (excludes halogenated alkanes) is 32. The number of carbonyl (C=O) groups excluding carboxylic acids is 4. The minimum absolute atomic E-state index is 0. The third-order valence-electron chi connectivity index (χ3n) is 16.0. The summed E-state index contributed by atoms with van der Waals surface area (Å²) in [5.41, 5.74) is -1.10. The predicted octanol–water partition coefficient (Wildman–Crippen LogP) is 23.2. The molecule has 1 N–H and O–H groups in total. The largest absolute Gasteiger partial charge is 0.462 e. The van der Waals surface area contributed by atoms with Crippen molar-refractivity contribution in [2.75, 3.05) is 28.2 Å². The zero-order valence-electron chi connectivity index (χ0n) is 60.3. The molecular formula is C72H146Br3ClN2O8. The third kappa shape index (κ3) is 68.1. The van der Waals surface area contributed by atoms with Gasteiger partial charge in [-0.25, -0.2) is 0 Å². The molecule has 0 bridgehead atoms. The van der Waals surface area contributed by atoms with Crippen molar-refractivity contribution in [3.8, 4) is 0 Å². The number of nitrogens with zero attached hydrogens (tertiary/aromatic N) is 2. The fourth-order valence-corrected chi connectivity index (χ4v) is 8.59. The van der Waals surface area contributed by atoms with Gasteiger partial charge in [0, 0.05) is 0 Å². The first-order valence-corrected chi connectivity index (χ1v) is 37.3. The van der Waals surface area contributed by atoms with Crippen molar-refractivity contribution in [2.45, 2.75) is 412 Å². The molecule has 10 nitrogen and oxygen atoms in total. The molecule has 4 unspecified atom stereocenters. The number of hydrogen-bond acceptors (Lipinski definition) is 10. The molecule has 0 aliphatic rings. The molecule has 0 saturated heterocycles. The van der Waals surface area contributed by atoms with E-state index in [-0.39, 0.29) is 59.4 Å². The fraction of sp³-hybridized carbons (Fsp3) is 0.944. The van der Waals surface area contributed by atoms with Gasteiger partial charge in [0.2, 0.25) is 4.69 Å². The van der Waals surface area contributed by atoms with Gasteiger partial charge in [-0.15, -0.1) is 12.4 Å². The minimum atomic E-state index is -0.570. The molecule has 4 atom stereocenters. The average molecular weight is 1440 g/mol. The van der Waals surface area contributed by atoms with Gasteiger partial charge in [-0.1, -0.05) is 271 Å². The highest BCUT2D eigenvalue weighted by Gasteiger charge is 2.34. The van der Waals surface area contributed by atoms with E-state index in [1.165, 1.54) is 212 Å². The van der Waals surface area contributed by atoms with Gasteiger partial charge in [0.25, 0.3) is 0 Å². The van der Waals surface area contributed by atoms with Gasteiger partial charge in [0.1, 0.15) is 15.4 Å². The molecule has 0 aliphatic carbocycles. The SMILES string of the molecule is CC(C)(Br)C(=O)Br.CCCCCCCCCCCC(C)O.CCCCCCCCCCCC(C)OC(=O)C(C)(C)Br.CCCCCCCCCCCC(C)OC(=O)C(C)(C)N(C)C.CCCCCCCCCCCC(C)OC(=O)C(C)(C)N(C)C.Cl. The molecule has 86 heavy (non-hydrogen) atoms. The predicted molar refractivity (Wildman–Crippen MR) is 388 cm³/mol. The van der Waals surface area contributed by atoms with E-state index in [9.17, 15) is 19.2 Å². The van der Waals surface area contributed by atoms with Crippen molar-refractivity contribution in [1.29, 1.82) is 0 Å². The van der Waals surface area contributed by atoms with Crippen LogP contribution >= 0.6 is 60.2 Å². The zero-order chi connectivity index (χ0) is 66.2. The van der Waals surface area contributed by atoms with E-state index in [0.29, 0.717) is 0 Å². The summed E-state index contributed by atoms with van der Waals surface area (Å²) in [5.74, 6) is -0.414. The van der Waals surface area contributed by atoms with Crippen molar-refractivity contribution >= 4 is 82.8 Å². The normalized spacial score (nSPS) is 13.0. The third-order valence-corrected chi connectivity index (χ3v) is 18.2. The van der Waals surface area contributed by atoms with Crippen molar-refractivity contribution in [2.24, 2.45) is 0 Å². The molecule has 0 rings (SSSR count). The van der Waals surface area contributed by atoms with Crippen LogP contribution in [-0.2, 0) is 33.4 Å². The molecule has 0 aliphatic heterocycles. The summed E-state index contributed by atoms with van der Waals surface area (Å²) in [4.78, 5) is 50.0. The second kappa shape index (κ2) is 63.4. The van der Waals surface area contributed by atoms with Crippen LogP contribution in [-0.4, -0.2) is 110 Å². The topological polar surface area (TPSA) is 123 Å². The van der Waals surface area contributed by atoms with Crippen LogP contribution in [0.5, 0.6) is 0 Å². The maximum atomic E-state index is 12.1. The summed E-state index contributed by atoms with van der Waals surface area (Å²) in [7, 11) is 7.64. The molecule has 0 fully saturated rings. The number of halogens is 4. The molecule has 0 aromatic heterocycles. The van der Waals surface area contributed by atoms with Crippen molar-refractivity contribution in [3.05, 3.63) is 0 Å². The van der Waals surface area contributed by atoms with E-state index in [2.05, 4.69) is 75.5 Å². The van der Waals surface area contributed by atoms with E-state index >= 15 is 0 Å². The molecule has 0 saturated carbocycles. The van der Waals surface area contributed by atoms with E-state index in [0.717, 1.165) is 44.9 Å². The van der Waals surface area contributed by atoms with E-state index in [4.69, 9.17) is 19.3 Å². The Morgan fingerprint density at radius 3 is 0.686 bits per heavy atom. The summed E-state index contributed by atoms with van der Waals surface area (Å²) in [6, 6.07) is 0. The van der Waals surface area contributed by atoms with Gasteiger partial charge < -0.3 is 19.3 Å². The van der Waals surface area contributed by atoms with Crippen LogP contribution in [0.3, 0.4) is 0 Å². The average Bonchev–Trinajstić information content (AvgIpc) is 3.55. The van der Waals surface area contributed by atoms with E-state index < -0.39 is 19.7 Å². The maximum absolute atomic E-state index is 12.1. The first-order chi connectivity index (χ1) is 39.7. The summed E-state index contributed by atoms with van der Waals surface area (Å²) in [6.45, 7) is 31.7. The number of hydrogen-bond donors (Lipinski definition) is 1. The highest BCUT2D eigenvalue weighted by molar-refractivity contribution is 9.20. The molecule has 0 heterocycles. The summed E-state index contributed by atoms with van der Waals surface area (Å²) >= 11 is 9.28. The molecule has 0 aromatic carbocycles. The Morgan fingerprint density at radius 2 is 0.523 bits per heavy atom. The smallest absolute Gasteiger partial charge is 0.326 e. The Kier molecular flexibility index (Phi) is 71.4. The van der Waals surface area contributed by atoms with Gasteiger partial charge in [-0.2, -0.15) is 0 Å². The number of rotatable bonds is 49. The monoisotopic (exact) mass is 1440 g/mol. The number of aliphatic hydroxyl groups is 1. The molecule has 0 amide bonds. The van der Waals surface area contributed by atoms with Crippen LogP contribution in [0.25, 0.3) is 0 Å². The molecular weight excluding hydrogens is 1300 g/mol. The minimum Gasteiger partial charge on any atom is -0.462 e. The number of ether oxygens (including phenoxy) is 3. The van der Waals surface area contributed by atoms with Crippen LogP contribution in [0, 0.1) is 0 Å². The molecule has 0 spiro atoms. The Balaban J connectivity index is -0.000000240. The highest BCUT2D eigenvalue weighted by Crippen LogP contribution is 2.23. The highest BCUT2D eigenvalue weighted by atomic mass is 79.9.